The molecular formula is C17H21NO2S. The summed E-state index contributed by atoms with van der Waals surface area (Å²) >= 11 is 1.84. The topological polar surface area (TPSA) is 31.4 Å². The molecule has 1 fully saturated rings. The number of hydrogen-bond donors (Lipinski definition) is 0. The Morgan fingerprint density at radius 3 is 2.67 bits per heavy atom. The van der Waals surface area contributed by atoms with Crippen molar-refractivity contribution >= 4 is 22.7 Å². The van der Waals surface area contributed by atoms with E-state index in [1.54, 1.807) is 7.11 Å². The number of pyridine rings is 1. The second-order valence-electron chi connectivity index (χ2n) is 5.47. The molecule has 0 N–H and O–H groups in total. The maximum atomic E-state index is 6.46. The number of fused-ring (bicyclic) bond motifs is 1. The average molecular weight is 303 g/mol. The van der Waals surface area contributed by atoms with Crippen LogP contribution in [0.1, 0.15) is 32.1 Å². The van der Waals surface area contributed by atoms with E-state index in [-0.39, 0.29) is 4.93 Å². The van der Waals surface area contributed by atoms with E-state index >= 15 is 0 Å². The highest BCUT2D eigenvalue weighted by Crippen LogP contribution is 2.41. The van der Waals surface area contributed by atoms with Gasteiger partial charge in [0.2, 0.25) is 0 Å². The summed E-state index contributed by atoms with van der Waals surface area (Å²) in [5, 5.41) is 1.05. The van der Waals surface area contributed by atoms with Gasteiger partial charge in [-0.05, 0) is 50.1 Å². The zero-order valence-electron chi connectivity index (χ0n) is 12.6. The van der Waals surface area contributed by atoms with Crippen molar-refractivity contribution in [3.63, 3.8) is 0 Å². The monoisotopic (exact) mass is 303 g/mol. The quantitative estimate of drug-likeness (QED) is 0.770. The van der Waals surface area contributed by atoms with Crippen LogP contribution < -0.4 is 9.47 Å². The van der Waals surface area contributed by atoms with Gasteiger partial charge in [-0.2, -0.15) is 0 Å². The zero-order valence-corrected chi connectivity index (χ0v) is 13.4. The van der Waals surface area contributed by atoms with Gasteiger partial charge >= 0.3 is 0 Å². The van der Waals surface area contributed by atoms with Gasteiger partial charge < -0.3 is 9.47 Å². The normalized spacial score (nSPS) is 17.6. The van der Waals surface area contributed by atoms with Gasteiger partial charge in [-0.3, -0.25) is 4.98 Å². The lowest BCUT2D eigenvalue weighted by Gasteiger charge is -2.36. The Hall–Kier alpha value is -1.42. The lowest BCUT2D eigenvalue weighted by molar-refractivity contribution is 0.122. The Balaban J connectivity index is 1.96. The first-order chi connectivity index (χ1) is 10.3. The van der Waals surface area contributed by atoms with E-state index in [1.807, 2.05) is 42.2 Å². The Kier molecular flexibility index (Phi) is 4.24. The second kappa shape index (κ2) is 6.14. The predicted molar refractivity (Wildman–Crippen MR) is 88.3 cm³/mol. The molecule has 0 radical (unpaired) electrons. The molecule has 0 unspecified atom stereocenters. The van der Waals surface area contributed by atoms with E-state index in [1.165, 1.54) is 19.3 Å². The average Bonchev–Trinajstić information content (AvgIpc) is 2.55. The summed E-state index contributed by atoms with van der Waals surface area (Å²) < 4.78 is 11.7. The van der Waals surface area contributed by atoms with Crippen molar-refractivity contribution in [1.82, 2.24) is 4.98 Å². The van der Waals surface area contributed by atoms with Crippen LogP contribution in [0.5, 0.6) is 11.5 Å². The standard InChI is InChI=1S/C17H21NO2S/c1-19-13-6-7-14-15(12-13)18-11-8-16(14)20-17(21-2)9-4-3-5-10-17/h6-8,11-12H,3-5,9-10H2,1-2H3. The predicted octanol–water partition coefficient (Wildman–Crippen LogP) is 4.65. The Morgan fingerprint density at radius 1 is 1.14 bits per heavy atom. The van der Waals surface area contributed by atoms with Crippen LogP contribution in [-0.4, -0.2) is 23.3 Å². The minimum Gasteiger partial charge on any atom is -0.497 e. The van der Waals surface area contributed by atoms with E-state index in [0.717, 1.165) is 35.2 Å². The molecule has 3 nitrogen and oxygen atoms in total. The molecule has 0 aliphatic heterocycles. The van der Waals surface area contributed by atoms with Crippen LogP contribution >= 0.6 is 11.8 Å². The highest BCUT2D eigenvalue weighted by atomic mass is 32.2. The van der Waals surface area contributed by atoms with Crippen molar-refractivity contribution in [2.45, 2.75) is 37.0 Å². The van der Waals surface area contributed by atoms with Crippen LogP contribution in [0.25, 0.3) is 10.9 Å². The summed E-state index contributed by atoms with van der Waals surface area (Å²) in [5.74, 6) is 1.75. The van der Waals surface area contributed by atoms with Crippen molar-refractivity contribution in [2.75, 3.05) is 13.4 Å². The molecule has 1 heterocycles. The minimum absolute atomic E-state index is 0.0769. The number of hydrogen-bond acceptors (Lipinski definition) is 4. The first kappa shape index (κ1) is 14.5. The number of ether oxygens (including phenoxy) is 2. The molecule has 4 heteroatoms. The molecule has 1 aromatic heterocycles. The second-order valence-corrected chi connectivity index (χ2v) is 6.62. The van der Waals surface area contributed by atoms with E-state index in [4.69, 9.17) is 9.47 Å². The molecule has 0 saturated heterocycles. The summed E-state index contributed by atoms with van der Waals surface area (Å²) in [4.78, 5) is 4.35. The summed E-state index contributed by atoms with van der Waals surface area (Å²) in [7, 11) is 1.67. The van der Waals surface area contributed by atoms with Crippen LogP contribution in [0.15, 0.2) is 30.5 Å². The molecule has 21 heavy (non-hydrogen) atoms. The van der Waals surface area contributed by atoms with Gasteiger partial charge in [-0.1, -0.05) is 6.42 Å². The molecule has 1 aromatic carbocycles. The highest BCUT2D eigenvalue weighted by Gasteiger charge is 2.33. The first-order valence-corrected chi connectivity index (χ1v) is 8.66. The maximum Gasteiger partial charge on any atom is 0.154 e. The molecule has 0 amide bonds. The summed E-state index contributed by atoms with van der Waals surface area (Å²) in [6, 6.07) is 7.92. The fourth-order valence-corrected chi connectivity index (χ4v) is 3.83. The van der Waals surface area contributed by atoms with Crippen LogP contribution in [0.4, 0.5) is 0 Å². The lowest BCUT2D eigenvalue weighted by Crippen LogP contribution is -2.34. The first-order valence-electron chi connectivity index (χ1n) is 7.43. The molecule has 0 bridgehead atoms. The molecule has 2 aromatic rings. The number of thioether (sulfide) groups is 1. The van der Waals surface area contributed by atoms with Crippen molar-refractivity contribution in [2.24, 2.45) is 0 Å². The molecule has 1 saturated carbocycles. The number of methoxy groups -OCH3 is 1. The van der Waals surface area contributed by atoms with E-state index in [9.17, 15) is 0 Å². The zero-order chi connectivity index (χ0) is 14.7. The number of aromatic nitrogens is 1. The molecule has 1 aliphatic rings. The Labute approximate surface area is 130 Å². The van der Waals surface area contributed by atoms with Crippen LogP contribution in [0, 0.1) is 0 Å². The van der Waals surface area contributed by atoms with E-state index < -0.39 is 0 Å². The van der Waals surface area contributed by atoms with Crippen molar-refractivity contribution in [3.8, 4) is 11.5 Å². The number of rotatable bonds is 4. The Morgan fingerprint density at radius 2 is 1.95 bits per heavy atom. The van der Waals surface area contributed by atoms with E-state index in [2.05, 4.69) is 11.2 Å². The lowest BCUT2D eigenvalue weighted by atomic mass is 9.97. The van der Waals surface area contributed by atoms with Gasteiger partial charge in [-0.25, -0.2) is 0 Å². The number of benzene rings is 1. The van der Waals surface area contributed by atoms with Crippen molar-refractivity contribution < 1.29 is 9.47 Å². The van der Waals surface area contributed by atoms with Gasteiger partial charge in [0.1, 0.15) is 11.5 Å². The smallest absolute Gasteiger partial charge is 0.154 e. The van der Waals surface area contributed by atoms with Crippen LogP contribution in [-0.2, 0) is 0 Å². The van der Waals surface area contributed by atoms with Crippen molar-refractivity contribution in [1.29, 1.82) is 0 Å². The van der Waals surface area contributed by atoms with Gasteiger partial charge in [0.25, 0.3) is 0 Å². The van der Waals surface area contributed by atoms with Gasteiger partial charge in [0, 0.05) is 17.6 Å². The highest BCUT2D eigenvalue weighted by molar-refractivity contribution is 7.99. The van der Waals surface area contributed by atoms with Gasteiger partial charge in [0.05, 0.1) is 12.6 Å². The summed E-state index contributed by atoms with van der Waals surface area (Å²) in [5.41, 5.74) is 0.916. The van der Waals surface area contributed by atoms with Crippen molar-refractivity contribution in [3.05, 3.63) is 30.5 Å². The molecule has 3 rings (SSSR count). The Bertz CT molecular complexity index is 623. The van der Waals surface area contributed by atoms with E-state index in [0.29, 0.717) is 0 Å². The van der Waals surface area contributed by atoms with Gasteiger partial charge in [0.15, 0.2) is 4.93 Å². The third kappa shape index (κ3) is 2.95. The summed E-state index contributed by atoms with van der Waals surface area (Å²) in [6.07, 6.45) is 10.0. The third-order valence-electron chi connectivity index (χ3n) is 4.19. The molecular weight excluding hydrogens is 282 g/mol. The fourth-order valence-electron chi connectivity index (χ4n) is 2.96. The molecule has 0 spiro atoms. The van der Waals surface area contributed by atoms with Crippen LogP contribution in [0.3, 0.4) is 0 Å². The number of nitrogens with zero attached hydrogens (tertiary/aromatic N) is 1. The molecule has 112 valence electrons. The minimum atomic E-state index is -0.0769. The summed E-state index contributed by atoms with van der Waals surface area (Å²) in [6.45, 7) is 0. The van der Waals surface area contributed by atoms with Crippen LogP contribution in [0.2, 0.25) is 0 Å². The molecule has 0 atom stereocenters. The molecule has 1 aliphatic carbocycles. The SMILES string of the molecule is COc1ccc2c(OC3(SC)CCCCC3)ccnc2c1. The maximum absolute atomic E-state index is 6.46. The third-order valence-corrected chi connectivity index (χ3v) is 5.43. The van der Waals surface area contributed by atoms with Gasteiger partial charge in [-0.15, -0.1) is 11.8 Å². The fraction of sp³-hybridized carbons (Fsp3) is 0.471. The largest absolute Gasteiger partial charge is 0.497 e.